The topological polar surface area (TPSA) is 9.23 Å². The Hall–Kier alpha value is -1.86. The van der Waals surface area contributed by atoms with Crippen molar-refractivity contribution >= 4 is 5.57 Å². The molecule has 1 atom stereocenters. The van der Waals surface area contributed by atoms with E-state index in [9.17, 15) is 0 Å². The molecule has 96 valence electrons. The van der Waals surface area contributed by atoms with Crippen molar-refractivity contribution in [1.29, 1.82) is 0 Å². The highest BCUT2D eigenvalue weighted by Crippen LogP contribution is 2.33. The Morgan fingerprint density at radius 1 is 0.947 bits per heavy atom. The fourth-order valence-corrected chi connectivity index (χ4v) is 2.49. The van der Waals surface area contributed by atoms with E-state index < -0.39 is 0 Å². The molecule has 2 aromatic rings. The quantitative estimate of drug-likeness (QED) is 0.760. The summed E-state index contributed by atoms with van der Waals surface area (Å²) in [5.41, 5.74) is 5.27. The Balaban J connectivity index is 1.82. The summed E-state index contributed by atoms with van der Waals surface area (Å²) >= 11 is 0. The highest BCUT2D eigenvalue weighted by atomic mass is 16.5. The van der Waals surface area contributed by atoms with Gasteiger partial charge in [0.2, 0.25) is 0 Å². The normalized spacial score (nSPS) is 19.0. The summed E-state index contributed by atoms with van der Waals surface area (Å²) in [6.07, 6.45) is 3.33. The molecule has 1 aliphatic rings. The van der Waals surface area contributed by atoms with Crippen molar-refractivity contribution in [1.82, 2.24) is 0 Å². The maximum absolute atomic E-state index is 5.86. The molecule has 1 aliphatic heterocycles. The first kappa shape index (κ1) is 12.2. The van der Waals surface area contributed by atoms with Crippen molar-refractivity contribution in [3.63, 3.8) is 0 Å². The molecule has 0 bridgehead atoms. The summed E-state index contributed by atoms with van der Waals surface area (Å²) < 4.78 is 5.86. The van der Waals surface area contributed by atoms with Gasteiger partial charge < -0.3 is 4.74 Å². The molecule has 0 fully saturated rings. The molecule has 0 aromatic heterocycles. The zero-order valence-electron chi connectivity index (χ0n) is 11.2. The fourth-order valence-electron chi connectivity index (χ4n) is 2.49. The molecule has 0 saturated carbocycles. The third-order valence-corrected chi connectivity index (χ3v) is 3.63. The van der Waals surface area contributed by atoms with Crippen molar-refractivity contribution in [3.8, 4) is 0 Å². The summed E-state index contributed by atoms with van der Waals surface area (Å²) in [5, 5.41) is 0. The molecule has 3 rings (SSSR count). The third-order valence-electron chi connectivity index (χ3n) is 3.63. The lowest BCUT2D eigenvalue weighted by molar-refractivity contribution is 0.0708. The Labute approximate surface area is 114 Å². The minimum absolute atomic E-state index is 0.183. The predicted octanol–water partition coefficient (Wildman–Crippen LogP) is 4.54. The van der Waals surface area contributed by atoms with E-state index in [2.05, 4.69) is 61.5 Å². The van der Waals surface area contributed by atoms with Crippen LogP contribution in [0, 0.1) is 6.92 Å². The second-order valence-corrected chi connectivity index (χ2v) is 5.03. The number of rotatable bonds is 2. The average molecular weight is 250 g/mol. The summed E-state index contributed by atoms with van der Waals surface area (Å²) in [4.78, 5) is 0. The van der Waals surface area contributed by atoms with Crippen molar-refractivity contribution in [2.24, 2.45) is 0 Å². The monoisotopic (exact) mass is 250 g/mol. The molecule has 1 nitrogen and oxygen atoms in total. The van der Waals surface area contributed by atoms with Gasteiger partial charge in [0.05, 0.1) is 12.7 Å². The van der Waals surface area contributed by atoms with Gasteiger partial charge in [-0.15, -0.1) is 0 Å². The Kier molecular flexibility index (Phi) is 3.47. The van der Waals surface area contributed by atoms with E-state index in [-0.39, 0.29) is 6.10 Å². The van der Waals surface area contributed by atoms with Gasteiger partial charge in [-0.2, -0.15) is 0 Å². The van der Waals surface area contributed by atoms with E-state index in [1.165, 1.54) is 22.3 Å². The van der Waals surface area contributed by atoms with Gasteiger partial charge in [0.1, 0.15) is 0 Å². The number of hydrogen-bond acceptors (Lipinski definition) is 1. The number of ether oxygens (including phenoxy) is 1. The SMILES string of the molecule is Cc1ccc(C2=CCOC(c3ccccc3)C2)cc1. The van der Waals surface area contributed by atoms with Crippen molar-refractivity contribution in [2.75, 3.05) is 6.61 Å². The molecular weight excluding hydrogens is 232 g/mol. The van der Waals surface area contributed by atoms with Gasteiger partial charge in [0.25, 0.3) is 0 Å². The highest BCUT2D eigenvalue weighted by molar-refractivity contribution is 5.67. The van der Waals surface area contributed by atoms with Gasteiger partial charge in [-0.05, 0) is 23.6 Å². The lowest BCUT2D eigenvalue weighted by atomic mass is 9.94. The molecule has 0 spiro atoms. The largest absolute Gasteiger partial charge is 0.369 e. The minimum atomic E-state index is 0.183. The van der Waals surface area contributed by atoms with Crippen molar-refractivity contribution in [2.45, 2.75) is 19.4 Å². The van der Waals surface area contributed by atoms with Gasteiger partial charge in [0.15, 0.2) is 0 Å². The first-order chi connectivity index (χ1) is 9.33. The molecule has 0 N–H and O–H groups in total. The Bertz CT molecular complexity index is 566. The number of aryl methyl sites for hydroxylation is 1. The van der Waals surface area contributed by atoms with E-state index in [4.69, 9.17) is 4.74 Å². The van der Waals surface area contributed by atoms with Crippen LogP contribution in [0.15, 0.2) is 60.7 Å². The fraction of sp³-hybridized carbons (Fsp3) is 0.222. The Morgan fingerprint density at radius 2 is 1.68 bits per heavy atom. The van der Waals surface area contributed by atoms with Crippen LogP contribution in [0.25, 0.3) is 5.57 Å². The second-order valence-electron chi connectivity index (χ2n) is 5.03. The molecule has 0 aliphatic carbocycles. The average Bonchev–Trinajstić information content (AvgIpc) is 2.49. The summed E-state index contributed by atoms with van der Waals surface area (Å²) in [7, 11) is 0. The van der Waals surface area contributed by atoms with Gasteiger partial charge >= 0.3 is 0 Å². The molecule has 1 heterocycles. The van der Waals surface area contributed by atoms with E-state index >= 15 is 0 Å². The van der Waals surface area contributed by atoms with Gasteiger partial charge in [-0.1, -0.05) is 66.2 Å². The van der Waals surface area contributed by atoms with Crippen LogP contribution in [0.5, 0.6) is 0 Å². The smallest absolute Gasteiger partial charge is 0.0869 e. The lowest BCUT2D eigenvalue weighted by Gasteiger charge is -2.24. The zero-order valence-corrected chi connectivity index (χ0v) is 11.2. The lowest BCUT2D eigenvalue weighted by Crippen LogP contribution is -2.10. The number of benzene rings is 2. The van der Waals surface area contributed by atoms with Crippen LogP contribution < -0.4 is 0 Å². The predicted molar refractivity (Wildman–Crippen MR) is 78.9 cm³/mol. The van der Waals surface area contributed by atoms with Crippen LogP contribution in [0.2, 0.25) is 0 Å². The standard InChI is InChI=1S/C18H18O/c1-14-7-9-15(10-8-14)17-11-12-19-18(13-17)16-5-3-2-4-6-16/h2-11,18H,12-13H2,1H3. The van der Waals surface area contributed by atoms with Crippen molar-refractivity contribution < 1.29 is 4.74 Å². The van der Waals surface area contributed by atoms with Crippen LogP contribution >= 0.6 is 0 Å². The first-order valence-corrected chi connectivity index (χ1v) is 6.75. The van der Waals surface area contributed by atoms with Crippen LogP contribution in [0.1, 0.15) is 29.2 Å². The van der Waals surface area contributed by atoms with Crippen LogP contribution in [-0.4, -0.2) is 6.61 Å². The maximum Gasteiger partial charge on any atom is 0.0869 e. The highest BCUT2D eigenvalue weighted by Gasteiger charge is 2.18. The molecule has 0 amide bonds. The minimum Gasteiger partial charge on any atom is -0.369 e. The van der Waals surface area contributed by atoms with Gasteiger partial charge in [0, 0.05) is 6.42 Å². The maximum atomic E-state index is 5.86. The van der Waals surface area contributed by atoms with Crippen molar-refractivity contribution in [3.05, 3.63) is 77.4 Å². The summed E-state index contributed by atoms with van der Waals surface area (Å²) in [5.74, 6) is 0. The molecular formula is C18H18O. The molecule has 0 radical (unpaired) electrons. The Morgan fingerprint density at radius 3 is 2.42 bits per heavy atom. The van der Waals surface area contributed by atoms with Crippen LogP contribution in [0.3, 0.4) is 0 Å². The van der Waals surface area contributed by atoms with Gasteiger partial charge in [-0.3, -0.25) is 0 Å². The van der Waals surface area contributed by atoms with E-state index in [1.54, 1.807) is 0 Å². The molecule has 0 saturated heterocycles. The van der Waals surface area contributed by atoms with Gasteiger partial charge in [-0.25, -0.2) is 0 Å². The van der Waals surface area contributed by atoms with E-state index in [1.807, 2.05) is 6.07 Å². The number of hydrogen-bond donors (Lipinski definition) is 0. The first-order valence-electron chi connectivity index (χ1n) is 6.75. The summed E-state index contributed by atoms with van der Waals surface area (Å²) in [6.45, 7) is 2.82. The molecule has 1 heteroatoms. The second kappa shape index (κ2) is 5.41. The van der Waals surface area contributed by atoms with E-state index in [0.29, 0.717) is 6.61 Å². The summed E-state index contributed by atoms with van der Waals surface area (Å²) in [6, 6.07) is 19.2. The molecule has 19 heavy (non-hydrogen) atoms. The molecule has 2 aromatic carbocycles. The zero-order chi connectivity index (χ0) is 13.1. The van der Waals surface area contributed by atoms with Crippen LogP contribution in [-0.2, 0) is 4.74 Å². The van der Waals surface area contributed by atoms with E-state index in [0.717, 1.165) is 6.42 Å². The third kappa shape index (κ3) is 2.77. The van der Waals surface area contributed by atoms with Crippen LogP contribution in [0.4, 0.5) is 0 Å². The molecule has 1 unspecified atom stereocenters.